The van der Waals surface area contributed by atoms with Crippen LogP contribution in [0.3, 0.4) is 0 Å². The zero-order chi connectivity index (χ0) is 14.0. The third kappa shape index (κ3) is 2.17. The predicted octanol–water partition coefficient (Wildman–Crippen LogP) is 3.15. The Morgan fingerprint density at radius 2 is 1.60 bits per heavy atom. The second-order valence-corrected chi connectivity index (χ2v) is 5.22. The molecule has 1 aliphatic heterocycles. The van der Waals surface area contributed by atoms with Gasteiger partial charge in [0.2, 0.25) is 0 Å². The molecule has 2 aromatic rings. The van der Waals surface area contributed by atoms with Gasteiger partial charge < -0.3 is 5.32 Å². The molecule has 1 saturated heterocycles. The van der Waals surface area contributed by atoms with Crippen LogP contribution in [0.5, 0.6) is 0 Å². The number of rotatable bonds is 3. The molecule has 20 heavy (non-hydrogen) atoms. The van der Waals surface area contributed by atoms with Crippen LogP contribution >= 0.6 is 12.2 Å². The van der Waals surface area contributed by atoms with Gasteiger partial charge >= 0.3 is 0 Å². The summed E-state index contributed by atoms with van der Waals surface area (Å²) in [6.45, 7) is 2.14. The van der Waals surface area contributed by atoms with Crippen molar-refractivity contribution >= 4 is 23.0 Å². The molecule has 3 rings (SSSR count). The van der Waals surface area contributed by atoms with Gasteiger partial charge in [0, 0.05) is 0 Å². The summed E-state index contributed by atoms with van der Waals surface area (Å²) in [5.41, 5.74) is 5.40. The summed E-state index contributed by atoms with van der Waals surface area (Å²) in [6, 6.07) is 20.4. The van der Waals surface area contributed by atoms with Crippen LogP contribution in [0.25, 0.3) is 0 Å². The van der Waals surface area contributed by atoms with Crippen molar-refractivity contribution in [2.75, 3.05) is 5.01 Å². The number of anilines is 1. The summed E-state index contributed by atoms with van der Waals surface area (Å²) in [6.07, 6.45) is 0.889. The van der Waals surface area contributed by atoms with Crippen LogP contribution in [0, 0.1) is 0 Å². The summed E-state index contributed by atoms with van der Waals surface area (Å²) in [7, 11) is 0. The molecular weight excluding hydrogens is 266 g/mol. The summed E-state index contributed by atoms with van der Waals surface area (Å²) >= 11 is 5.49. The molecule has 3 nitrogen and oxygen atoms in total. The Bertz CT molecular complexity index is 600. The molecule has 0 spiro atoms. The minimum atomic E-state index is -0.339. The zero-order valence-electron chi connectivity index (χ0n) is 11.3. The van der Waals surface area contributed by atoms with Crippen molar-refractivity contribution in [1.82, 2.24) is 10.7 Å². The normalized spacial score (nSPS) is 21.9. The summed E-state index contributed by atoms with van der Waals surface area (Å²) in [4.78, 5) is 0. The van der Waals surface area contributed by atoms with E-state index in [-0.39, 0.29) is 5.66 Å². The molecule has 1 fully saturated rings. The first-order chi connectivity index (χ1) is 9.75. The van der Waals surface area contributed by atoms with Crippen molar-refractivity contribution in [2.45, 2.75) is 19.0 Å². The summed E-state index contributed by atoms with van der Waals surface area (Å²) < 4.78 is 0. The highest BCUT2D eigenvalue weighted by molar-refractivity contribution is 7.80. The van der Waals surface area contributed by atoms with Crippen LogP contribution in [-0.4, -0.2) is 5.11 Å². The quantitative estimate of drug-likeness (QED) is 0.846. The van der Waals surface area contributed by atoms with E-state index in [0.717, 1.165) is 12.1 Å². The molecule has 2 aromatic carbocycles. The lowest BCUT2D eigenvalue weighted by Gasteiger charge is -2.29. The molecule has 0 aliphatic carbocycles. The molecule has 1 aliphatic rings. The van der Waals surface area contributed by atoms with E-state index in [0.29, 0.717) is 5.11 Å². The minimum Gasteiger partial charge on any atom is -0.338 e. The number of hydrogen-bond acceptors (Lipinski definition) is 2. The van der Waals surface area contributed by atoms with Crippen LogP contribution in [0.1, 0.15) is 18.9 Å². The fraction of sp³-hybridized carbons (Fsp3) is 0.188. The topological polar surface area (TPSA) is 27.3 Å². The van der Waals surface area contributed by atoms with Crippen molar-refractivity contribution in [2.24, 2.45) is 0 Å². The van der Waals surface area contributed by atoms with Crippen molar-refractivity contribution in [3.8, 4) is 0 Å². The molecule has 0 amide bonds. The Hall–Kier alpha value is -1.91. The van der Waals surface area contributed by atoms with Gasteiger partial charge in [-0.2, -0.15) is 5.43 Å². The number of hydrazine groups is 1. The number of thiocarbonyl (C=S) groups is 1. The fourth-order valence-corrected chi connectivity index (χ4v) is 2.82. The van der Waals surface area contributed by atoms with Gasteiger partial charge in [-0.05, 0) is 36.3 Å². The van der Waals surface area contributed by atoms with E-state index >= 15 is 0 Å². The van der Waals surface area contributed by atoms with E-state index in [9.17, 15) is 0 Å². The largest absolute Gasteiger partial charge is 0.338 e. The number of benzene rings is 2. The monoisotopic (exact) mass is 283 g/mol. The van der Waals surface area contributed by atoms with E-state index in [1.165, 1.54) is 5.56 Å². The first-order valence-electron chi connectivity index (χ1n) is 6.76. The standard InChI is InChI=1S/C16H17N3S/c1-2-16(13-9-5-3-6-10-13)17-15(20)19(18-16)14-11-7-4-8-12-14/h3-12,18H,2H2,1H3,(H,17,20)/t16-/m1/s1. The first kappa shape index (κ1) is 13.1. The highest BCUT2D eigenvalue weighted by atomic mass is 32.1. The first-order valence-corrected chi connectivity index (χ1v) is 7.17. The second-order valence-electron chi connectivity index (χ2n) is 4.84. The van der Waals surface area contributed by atoms with E-state index < -0.39 is 0 Å². The molecule has 2 N–H and O–H groups in total. The Balaban J connectivity index is 1.96. The highest BCUT2D eigenvalue weighted by Gasteiger charge is 2.40. The lowest BCUT2D eigenvalue weighted by Crippen LogP contribution is -2.47. The van der Waals surface area contributed by atoms with E-state index in [1.807, 2.05) is 53.5 Å². The number of nitrogens with zero attached hydrogens (tertiary/aromatic N) is 1. The Morgan fingerprint density at radius 3 is 2.20 bits per heavy atom. The molecule has 0 radical (unpaired) electrons. The van der Waals surface area contributed by atoms with Crippen LogP contribution in [0.4, 0.5) is 5.69 Å². The SMILES string of the molecule is CC[C@@]1(c2ccccc2)NC(=S)N(c2ccccc2)N1. The predicted molar refractivity (Wildman–Crippen MR) is 86.2 cm³/mol. The minimum absolute atomic E-state index is 0.339. The van der Waals surface area contributed by atoms with Crippen LogP contribution in [0.15, 0.2) is 60.7 Å². The third-order valence-corrected chi connectivity index (χ3v) is 3.92. The van der Waals surface area contributed by atoms with Crippen molar-refractivity contribution < 1.29 is 0 Å². The number of hydrogen-bond donors (Lipinski definition) is 2. The van der Waals surface area contributed by atoms with E-state index in [4.69, 9.17) is 12.2 Å². The summed E-state index contributed by atoms with van der Waals surface area (Å²) in [5.74, 6) is 0. The van der Waals surface area contributed by atoms with Gasteiger partial charge in [-0.1, -0.05) is 55.5 Å². The molecule has 0 bridgehead atoms. The molecule has 0 unspecified atom stereocenters. The average molecular weight is 283 g/mol. The fourth-order valence-electron chi connectivity index (χ4n) is 2.50. The maximum Gasteiger partial charge on any atom is 0.190 e. The van der Waals surface area contributed by atoms with Gasteiger partial charge in [-0.15, -0.1) is 0 Å². The number of nitrogens with one attached hydrogen (secondary N) is 2. The molecule has 1 heterocycles. The Labute approximate surface area is 124 Å². The molecule has 1 atom stereocenters. The second kappa shape index (κ2) is 5.23. The van der Waals surface area contributed by atoms with E-state index in [2.05, 4.69) is 29.8 Å². The van der Waals surface area contributed by atoms with Gasteiger partial charge in [0.05, 0.1) is 5.69 Å². The molecule has 4 heteroatoms. The molecule has 0 saturated carbocycles. The van der Waals surface area contributed by atoms with Gasteiger partial charge in [-0.25, -0.2) is 5.01 Å². The maximum absolute atomic E-state index is 5.49. The highest BCUT2D eigenvalue weighted by Crippen LogP contribution is 2.29. The van der Waals surface area contributed by atoms with Crippen molar-refractivity contribution in [3.63, 3.8) is 0 Å². The summed E-state index contributed by atoms with van der Waals surface area (Å²) in [5, 5.41) is 6.06. The maximum atomic E-state index is 5.49. The lowest BCUT2D eigenvalue weighted by atomic mass is 9.98. The van der Waals surface area contributed by atoms with E-state index in [1.54, 1.807) is 0 Å². The average Bonchev–Trinajstić information content (AvgIpc) is 2.87. The Morgan fingerprint density at radius 1 is 1.00 bits per heavy atom. The van der Waals surface area contributed by atoms with Gasteiger partial charge in [0.1, 0.15) is 5.66 Å². The van der Waals surface area contributed by atoms with Gasteiger partial charge in [0.15, 0.2) is 5.11 Å². The van der Waals surface area contributed by atoms with Gasteiger partial charge in [0.25, 0.3) is 0 Å². The molecule has 102 valence electrons. The van der Waals surface area contributed by atoms with Crippen LogP contribution in [-0.2, 0) is 5.66 Å². The lowest BCUT2D eigenvalue weighted by molar-refractivity contribution is 0.337. The van der Waals surface area contributed by atoms with Crippen LogP contribution < -0.4 is 15.8 Å². The number of para-hydroxylation sites is 1. The molecule has 0 aromatic heterocycles. The van der Waals surface area contributed by atoms with Crippen molar-refractivity contribution in [3.05, 3.63) is 66.2 Å². The zero-order valence-corrected chi connectivity index (χ0v) is 12.2. The smallest absolute Gasteiger partial charge is 0.190 e. The van der Waals surface area contributed by atoms with Crippen LogP contribution in [0.2, 0.25) is 0 Å². The van der Waals surface area contributed by atoms with Crippen molar-refractivity contribution in [1.29, 1.82) is 0 Å². The molecular formula is C16H17N3S. The van der Waals surface area contributed by atoms with Gasteiger partial charge in [-0.3, -0.25) is 0 Å². The third-order valence-electron chi connectivity index (χ3n) is 3.64. The Kier molecular flexibility index (Phi) is 3.42.